The van der Waals surface area contributed by atoms with Gasteiger partial charge in [-0.3, -0.25) is 15.2 Å². The standard InChI is InChI=1S/C9H10N2O/c1-11-8-5-3-2-4-7(8)6-9(12)10-11/h2-5H,6H2,1H3,(H,10,12). The normalized spacial score (nSPS) is 15.4. The lowest BCUT2D eigenvalue weighted by atomic mass is 10.1. The number of hydrogen-bond acceptors (Lipinski definition) is 2. The Kier molecular flexibility index (Phi) is 1.50. The van der Waals surface area contributed by atoms with Crippen LogP contribution in [0.5, 0.6) is 0 Å². The first kappa shape index (κ1) is 7.16. The number of carbonyl (C=O) groups is 1. The quantitative estimate of drug-likeness (QED) is 0.609. The first-order chi connectivity index (χ1) is 5.77. The molecule has 0 radical (unpaired) electrons. The van der Waals surface area contributed by atoms with Crippen molar-refractivity contribution in [3.8, 4) is 0 Å². The highest BCUT2D eigenvalue weighted by atomic mass is 16.2. The topological polar surface area (TPSA) is 32.3 Å². The lowest BCUT2D eigenvalue weighted by Gasteiger charge is -2.27. The van der Waals surface area contributed by atoms with Crippen LogP contribution in [0, 0.1) is 0 Å². The molecule has 1 aliphatic rings. The Morgan fingerprint density at radius 3 is 3.00 bits per heavy atom. The number of hydrogen-bond donors (Lipinski definition) is 1. The third-order valence-corrected chi connectivity index (χ3v) is 2.00. The molecule has 1 heterocycles. The summed E-state index contributed by atoms with van der Waals surface area (Å²) in [6.45, 7) is 0. The average molecular weight is 162 g/mol. The fourth-order valence-electron chi connectivity index (χ4n) is 1.45. The third-order valence-electron chi connectivity index (χ3n) is 2.00. The number of amides is 1. The molecule has 3 heteroatoms. The lowest BCUT2D eigenvalue weighted by molar-refractivity contribution is -0.120. The van der Waals surface area contributed by atoms with Gasteiger partial charge in [0, 0.05) is 7.05 Å². The molecule has 1 aromatic carbocycles. The van der Waals surface area contributed by atoms with Gasteiger partial charge in [0.1, 0.15) is 0 Å². The number of para-hydroxylation sites is 1. The van der Waals surface area contributed by atoms with Crippen LogP contribution in [0.15, 0.2) is 24.3 Å². The minimum atomic E-state index is 0.0520. The summed E-state index contributed by atoms with van der Waals surface area (Å²) in [4.78, 5) is 11.1. The Bertz CT molecular complexity index is 322. The Labute approximate surface area is 71.0 Å². The maximum absolute atomic E-state index is 11.1. The van der Waals surface area contributed by atoms with E-state index in [4.69, 9.17) is 0 Å². The molecule has 0 saturated heterocycles. The number of anilines is 1. The zero-order chi connectivity index (χ0) is 8.55. The van der Waals surface area contributed by atoms with Crippen LogP contribution in [0.2, 0.25) is 0 Å². The molecule has 0 atom stereocenters. The Balaban J connectivity index is 2.47. The zero-order valence-corrected chi connectivity index (χ0v) is 6.87. The SMILES string of the molecule is CN1NC(=O)Cc2ccccc21. The number of fused-ring (bicyclic) bond motifs is 1. The van der Waals surface area contributed by atoms with E-state index >= 15 is 0 Å². The Morgan fingerprint density at radius 1 is 1.42 bits per heavy atom. The minimum Gasteiger partial charge on any atom is -0.288 e. The van der Waals surface area contributed by atoms with Crippen molar-refractivity contribution in [1.82, 2.24) is 5.43 Å². The van der Waals surface area contributed by atoms with Crippen LogP contribution in [-0.2, 0) is 11.2 Å². The first-order valence-electron chi connectivity index (χ1n) is 3.88. The zero-order valence-electron chi connectivity index (χ0n) is 6.87. The molecule has 3 nitrogen and oxygen atoms in total. The van der Waals surface area contributed by atoms with Gasteiger partial charge in [0.2, 0.25) is 5.91 Å². The van der Waals surface area contributed by atoms with E-state index in [9.17, 15) is 4.79 Å². The van der Waals surface area contributed by atoms with Crippen molar-refractivity contribution in [2.45, 2.75) is 6.42 Å². The largest absolute Gasteiger partial charge is 0.288 e. The van der Waals surface area contributed by atoms with E-state index in [1.807, 2.05) is 31.3 Å². The van der Waals surface area contributed by atoms with Crippen LogP contribution in [0.25, 0.3) is 0 Å². The van der Waals surface area contributed by atoms with Gasteiger partial charge in [0.05, 0.1) is 12.1 Å². The van der Waals surface area contributed by atoms with Gasteiger partial charge in [0.15, 0.2) is 0 Å². The highest BCUT2D eigenvalue weighted by molar-refractivity contribution is 5.85. The van der Waals surface area contributed by atoms with Crippen LogP contribution in [0.1, 0.15) is 5.56 Å². The summed E-state index contributed by atoms with van der Waals surface area (Å²) < 4.78 is 0. The van der Waals surface area contributed by atoms with Crippen LogP contribution >= 0.6 is 0 Å². The van der Waals surface area contributed by atoms with E-state index in [1.165, 1.54) is 0 Å². The lowest BCUT2D eigenvalue weighted by Crippen LogP contribution is -2.44. The van der Waals surface area contributed by atoms with Crippen LogP contribution in [0.3, 0.4) is 0 Å². The minimum absolute atomic E-state index is 0.0520. The number of rotatable bonds is 0. The number of carbonyl (C=O) groups excluding carboxylic acids is 1. The number of hydrazine groups is 1. The molecule has 0 aliphatic carbocycles. The molecule has 0 unspecified atom stereocenters. The highest BCUT2D eigenvalue weighted by Crippen LogP contribution is 2.21. The van der Waals surface area contributed by atoms with E-state index in [0.717, 1.165) is 11.3 Å². The molecule has 1 aliphatic heterocycles. The highest BCUT2D eigenvalue weighted by Gasteiger charge is 2.17. The van der Waals surface area contributed by atoms with Gasteiger partial charge in [-0.05, 0) is 11.6 Å². The molecule has 1 N–H and O–H groups in total. The summed E-state index contributed by atoms with van der Waals surface area (Å²) in [6.07, 6.45) is 0.487. The van der Waals surface area contributed by atoms with Crippen LogP contribution in [0.4, 0.5) is 5.69 Å². The van der Waals surface area contributed by atoms with Gasteiger partial charge in [-0.2, -0.15) is 0 Å². The van der Waals surface area contributed by atoms with Crippen molar-refractivity contribution < 1.29 is 4.79 Å². The summed E-state index contributed by atoms with van der Waals surface area (Å²) in [7, 11) is 1.84. The summed E-state index contributed by atoms with van der Waals surface area (Å²) in [6, 6.07) is 7.89. The van der Waals surface area contributed by atoms with Gasteiger partial charge in [0.25, 0.3) is 0 Å². The summed E-state index contributed by atoms with van der Waals surface area (Å²) >= 11 is 0. The summed E-state index contributed by atoms with van der Waals surface area (Å²) in [5, 5.41) is 1.75. The first-order valence-corrected chi connectivity index (χ1v) is 3.88. The molecule has 2 rings (SSSR count). The second kappa shape index (κ2) is 2.52. The molecular formula is C9H10N2O. The number of nitrogens with one attached hydrogen (secondary N) is 1. The van der Waals surface area contributed by atoms with Crippen molar-refractivity contribution in [3.63, 3.8) is 0 Å². The van der Waals surface area contributed by atoms with Crippen molar-refractivity contribution >= 4 is 11.6 Å². The molecule has 12 heavy (non-hydrogen) atoms. The van der Waals surface area contributed by atoms with Gasteiger partial charge in [-0.15, -0.1) is 0 Å². The van der Waals surface area contributed by atoms with E-state index in [1.54, 1.807) is 5.01 Å². The molecule has 0 aromatic heterocycles. The molecule has 1 amide bonds. The smallest absolute Gasteiger partial charge is 0.242 e. The predicted octanol–water partition coefficient (Wildman–Crippen LogP) is 0.710. The van der Waals surface area contributed by atoms with Gasteiger partial charge in [-0.1, -0.05) is 18.2 Å². The molecular weight excluding hydrogens is 152 g/mol. The van der Waals surface area contributed by atoms with Crippen molar-refractivity contribution in [3.05, 3.63) is 29.8 Å². The van der Waals surface area contributed by atoms with E-state index in [2.05, 4.69) is 5.43 Å². The van der Waals surface area contributed by atoms with Gasteiger partial charge < -0.3 is 0 Å². The van der Waals surface area contributed by atoms with Crippen LogP contribution in [-0.4, -0.2) is 13.0 Å². The maximum Gasteiger partial charge on any atom is 0.242 e. The number of nitrogens with zero attached hydrogens (tertiary/aromatic N) is 1. The summed E-state index contributed by atoms with van der Waals surface area (Å²) in [5.74, 6) is 0.0520. The van der Waals surface area contributed by atoms with Crippen molar-refractivity contribution in [2.75, 3.05) is 12.1 Å². The Morgan fingerprint density at radius 2 is 2.17 bits per heavy atom. The van der Waals surface area contributed by atoms with E-state index in [-0.39, 0.29) is 5.91 Å². The molecule has 0 spiro atoms. The van der Waals surface area contributed by atoms with Crippen LogP contribution < -0.4 is 10.4 Å². The fourth-order valence-corrected chi connectivity index (χ4v) is 1.45. The third kappa shape index (κ3) is 1.03. The van der Waals surface area contributed by atoms with Crippen molar-refractivity contribution in [1.29, 1.82) is 0 Å². The maximum atomic E-state index is 11.1. The molecule has 1 aromatic rings. The summed E-state index contributed by atoms with van der Waals surface area (Å²) in [5.41, 5.74) is 4.90. The van der Waals surface area contributed by atoms with E-state index in [0.29, 0.717) is 6.42 Å². The van der Waals surface area contributed by atoms with Crippen molar-refractivity contribution in [2.24, 2.45) is 0 Å². The molecule has 0 fully saturated rings. The second-order valence-electron chi connectivity index (χ2n) is 2.90. The Hall–Kier alpha value is -1.51. The predicted molar refractivity (Wildman–Crippen MR) is 46.7 cm³/mol. The molecule has 0 saturated carbocycles. The monoisotopic (exact) mass is 162 g/mol. The molecule has 0 bridgehead atoms. The average Bonchev–Trinajstić information content (AvgIpc) is 2.04. The fraction of sp³-hybridized carbons (Fsp3) is 0.222. The second-order valence-corrected chi connectivity index (χ2v) is 2.90. The number of benzene rings is 1. The molecule has 62 valence electrons. The van der Waals surface area contributed by atoms with Gasteiger partial charge >= 0.3 is 0 Å². The van der Waals surface area contributed by atoms with Gasteiger partial charge in [-0.25, -0.2) is 0 Å². The van der Waals surface area contributed by atoms with E-state index < -0.39 is 0 Å².